The molecule has 1 aromatic carbocycles. The summed E-state index contributed by atoms with van der Waals surface area (Å²) in [5.41, 5.74) is 0. The molecular weight excluding hydrogens is 341 g/mol. The van der Waals surface area contributed by atoms with E-state index in [9.17, 15) is 21.2 Å². The normalized spacial score (nSPS) is 14.1. The van der Waals surface area contributed by atoms with Gasteiger partial charge in [0, 0.05) is 16.7 Å². The highest BCUT2D eigenvalue weighted by Gasteiger charge is 2.24. The number of nitrogens with one attached hydrogen (secondary N) is 1. The van der Waals surface area contributed by atoms with Crippen LogP contribution in [0.2, 0.25) is 0 Å². The fourth-order valence-electron chi connectivity index (χ4n) is 1.83. The lowest BCUT2D eigenvalue weighted by molar-refractivity contribution is 0.505. The molecule has 0 aliphatic carbocycles. The number of hydrogen-bond acceptors (Lipinski definition) is 4. The molecule has 1 N–H and O–H groups in total. The molecule has 0 aromatic heterocycles. The maximum absolute atomic E-state index is 13.9. The van der Waals surface area contributed by atoms with E-state index < -0.39 is 34.7 Å². The third-order valence-electron chi connectivity index (χ3n) is 2.93. The van der Waals surface area contributed by atoms with E-state index in [1.54, 1.807) is 0 Å². The van der Waals surface area contributed by atoms with E-state index in [1.807, 2.05) is 13.8 Å². The lowest BCUT2D eigenvalue weighted by atomic mass is 10.1. The summed E-state index contributed by atoms with van der Waals surface area (Å²) in [5.74, 6) is -1.16. The molecule has 5 nitrogen and oxygen atoms in total. The fraction of sp³-hybridized carbons (Fsp3) is 0.500. The monoisotopic (exact) mass is 357 g/mol. The smallest absolute Gasteiger partial charge is 0.208 e. The molecular formula is C12H17ClFNO4S2. The topological polar surface area (TPSA) is 80.3 Å². The third-order valence-corrected chi connectivity index (χ3v) is 5.83. The first-order valence-corrected chi connectivity index (χ1v) is 10.2. The molecule has 0 radical (unpaired) electrons. The van der Waals surface area contributed by atoms with Gasteiger partial charge >= 0.3 is 0 Å². The van der Waals surface area contributed by atoms with Gasteiger partial charge in [0.2, 0.25) is 10.0 Å². The van der Waals surface area contributed by atoms with E-state index in [0.29, 0.717) is 18.9 Å². The van der Waals surface area contributed by atoms with Crippen molar-refractivity contribution in [3.63, 3.8) is 0 Å². The van der Waals surface area contributed by atoms with Crippen LogP contribution in [0.5, 0.6) is 0 Å². The highest BCUT2D eigenvalue weighted by Crippen LogP contribution is 2.22. The van der Waals surface area contributed by atoms with Crippen LogP contribution in [0.15, 0.2) is 28.0 Å². The van der Waals surface area contributed by atoms with Crippen molar-refractivity contribution in [2.45, 2.75) is 48.9 Å². The van der Waals surface area contributed by atoms with Gasteiger partial charge in [-0.25, -0.2) is 25.9 Å². The van der Waals surface area contributed by atoms with Crippen molar-refractivity contribution in [3.8, 4) is 0 Å². The Balaban J connectivity index is 3.15. The van der Waals surface area contributed by atoms with Gasteiger partial charge in [0.1, 0.15) is 10.7 Å². The molecule has 1 unspecified atom stereocenters. The lowest BCUT2D eigenvalue weighted by Gasteiger charge is -2.16. The molecule has 0 fully saturated rings. The largest absolute Gasteiger partial charge is 0.261 e. The van der Waals surface area contributed by atoms with Crippen LogP contribution in [-0.2, 0) is 19.1 Å². The summed E-state index contributed by atoms with van der Waals surface area (Å²) in [5, 5.41) is 0. The van der Waals surface area contributed by atoms with Crippen LogP contribution in [-0.4, -0.2) is 22.9 Å². The Labute approximate surface area is 129 Å². The molecule has 0 amide bonds. The van der Waals surface area contributed by atoms with Gasteiger partial charge in [-0.15, -0.1) is 0 Å². The standard InChI is InChI=1S/C12H17ClFNO4S2/c1-3-5-9(4-2)15-21(18,19)12-7-6-10(8-11(12)14)20(13,16)17/h6-9,15H,3-5H2,1-2H3. The maximum atomic E-state index is 13.9. The maximum Gasteiger partial charge on any atom is 0.261 e. The number of sulfonamides is 1. The summed E-state index contributed by atoms with van der Waals surface area (Å²) in [6.45, 7) is 3.74. The van der Waals surface area contributed by atoms with Gasteiger partial charge in [-0.05, 0) is 31.0 Å². The predicted molar refractivity (Wildman–Crippen MR) is 78.7 cm³/mol. The number of benzene rings is 1. The van der Waals surface area contributed by atoms with Gasteiger partial charge < -0.3 is 0 Å². The van der Waals surface area contributed by atoms with Gasteiger partial charge in [0.05, 0.1) is 4.90 Å². The summed E-state index contributed by atoms with van der Waals surface area (Å²) >= 11 is 0. The summed E-state index contributed by atoms with van der Waals surface area (Å²) in [6.07, 6.45) is 1.99. The zero-order valence-corrected chi connectivity index (χ0v) is 14.0. The van der Waals surface area contributed by atoms with Crippen LogP contribution < -0.4 is 4.72 Å². The average molecular weight is 358 g/mol. The summed E-state index contributed by atoms with van der Waals surface area (Å²) in [4.78, 5) is -1.08. The summed E-state index contributed by atoms with van der Waals surface area (Å²) < 4.78 is 62.7. The molecule has 0 aliphatic rings. The van der Waals surface area contributed by atoms with Crippen molar-refractivity contribution < 1.29 is 21.2 Å². The summed E-state index contributed by atoms with van der Waals surface area (Å²) in [6, 6.07) is 2.15. The molecule has 1 aromatic rings. The first kappa shape index (κ1) is 18.3. The van der Waals surface area contributed by atoms with Crippen molar-refractivity contribution in [1.82, 2.24) is 4.72 Å². The molecule has 1 atom stereocenters. The Bertz CT molecular complexity index is 704. The third kappa shape index (κ3) is 4.91. The minimum atomic E-state index is -4.11. The molecule has 0 heterocycles. The second-order valence-electron chi connectivity index (χ2n) is 4.55. The Hall–Kier alpha value is -0.700. The summed E-state index contributed by atoms with van der Waals surface area (Å²) in [7, 11) is -3.07. The number of rotatable bonds is 7. The SMILES string of the molecule is CCCC(CC)NS(=O)(=O)c1ccc(S(=O)(=O)Cl)cc1F. The fourth-order valence-corrected chi connectivity index (χ4v) is 4.00. The van der Waals surface area contributed by atoms with E-state index in [-0.39, 0.29) is 6.04 Å². The van der Waals surface area contributed by atoms with E-state index in [0.717, 1.165) is 18.6 Å². The van der Waals surface area contributed by atoms with Crippen molar-refractivity contribution in [2.24, 2.45) is 0 Å². The Kier molecular flexibility index (Phi) is 6.15. The van der Waals surface area contributed by atoms with E-state index >= 15 is 0 Å². The Morgan fingerprint density at radius 2 is 1.86 bits per heavy atom. The molecule has 0 aliphatic heterocycles. The van der Waals surface area contributed by atoms with Crippen LogP contribution in [0.4, 0.5) is 4.39 Å². The Morgan fingerprint density at radius 3 is 2.29 bits per heavy atom. The molecule has 0 spiro atoms. The highest BCUT2D eigenvalue weighted by molar-refractivity contribution is 8.13. The second kappa shape index (κ2) is 7.04. The minimum absolute atomic E-state index is 0.296. The van der Waals surface area contributed by atoms with Crippen molar-refractivity contribution >= 4 is 29.8 Å². The van der Waals surface area contributed by atoms with Crippen LogP contribution in [0.1, 0.15) is 33.1 Å². The van der Waals surface area contributed by atoms with Crippen LogP contribution in [0.25, 0.3) is 0 Å². The number of halogens is 2. The Morgan fingerprint density at radius 1 is 1.24 bits per heavy atom. The van der Waals surface area contributed by atoms with Crippen LogP contribution in [0.3, 0.4) is 0 Å². The van der Waals surface area contributed by atoms with Gasteiger partial charge in [-0.2, -0.15) is 0 Å². The zero-order chi connectivity index (χ0) is 16.3. The first-order chi connectivity index (χ1) is 9.61. The predicted octanol–water partition coefficient (Wildman–Crippen LogP) is 2.61. The van der Waals surface area contributed by atoms with Crippen LogP contribution >= 0.6 is 10.7 Å². The average Bonchev–Trinajstić information content (AvgIpc) is 2.36. The molecule has 0 saturated heterocycles. The van der Waals surface area contributed by atoms with Crippen molar-refractivity contribution in [1.29, 1.82) is 0 Å². The first-order valence-electron chi connectivity index (χ1n) is 6.38. The molecule has 21 heavy (non-hydrogen) atoms. The molecule has 0 saturated carbocycles. The highest BCUT2D eigenvalue weighted by atomic mass is 35.7. The van der Waals surface area contributed by atoms with Gasteiger partial charge in [-0.3, -0.25) is 0 Å². The molecule has 1 rings (SSSR count). The van der Waals surface area contributed by atoms with Crippen molar-refractivity contribution in [3.05, 3.63) is 24.0 Å². The molecule has 0 bridgehead atoms. The minimum Gasteiger partial charge on any atom is -0.208 e. The lowest BCUT2D eigenvalue weighted by Crippen LogP contribution is -2.34. The van der Waals surface area contributed by atoms with E-state index in [4.69, 9.17) is 10.7 Å². The quantitative estimate of drug-likeness (QED) is 0.760. The van der Waals surface area contributed by atoms with Gasteiger partial charge in [0.25, 0.3) is 9.05 Å². The second-order valence-corrected chi connectivity index (χ2v) is 8.79. The number of hydrogen-bond donors (Lipinski definition) is 1. The molecule has 120 valence electrons. The molecule has 9 heteroatoms. The zero-order valence-electron chi connectivity index (χ0n) is 11.6. The van der Waals surface area contributed by atoms with Crippen molar-refractivity contribution in [2.75, 3.05) is 0 Å². The van der Waals surface area contributed by atoms with E-state index in [1.165, 1.54) is 0 Å². The van der Waals surface area contributed by atoms with Gasteiger partial charge in [-0.1, -0.05) is 20.3 Å². The van der Waals surface area contributed by atoms with E-state index in [2.05, 4.69) is 4.72 Å². The van der Waals surface area contributed by atoms with Gasteiger partial charge in [0.15, 0.2) is 0 Å². The van der Waals surface area contributed by atoms with Crippen LogP contribution in [0, 0.1) is 5.82 Å².